The van der Waals surface area contributed by atoms with Crippen molar-refractivity contribution in [3.63, 3.8) is 0 Å². The van der Waals surface area contributed by atoms with Crippen molar-refractivity contribution in [3.8, 4) is 0 Å². The average molecular weight is 210 g/mol. The summed E-state index contributed by atoms with van der Waals surface area (Å²) in [5.41, 5.74) is 0.780. The summed E-state index contributed by atoms with van der Waals surface area (Å²) in [6.45, 7) is 3.41. The molecule has 0 spiro atoms. The second-order valence-corrected chi connectivity index (χ2v) is 2.92. The van der Waals surface area contributed by atoms with E-state index in [1.807, 2.05) is 5.32 Å². The number of hydrogen-bond donors (Lipinski definition) is 2. The Hall–Kier alpha value is -2.11. The van der Waals surface area contributed by atoms with E-state index in [0.717, 1.165) is 0 Å². The van der Waals surface area contributed by atoms with Crippen molar-refractivity contribution in [2.45, 2.75) is 13.8 Å². The second kappa shape index (κ2) is 4.41. The van der Waals surface area contributed by atoms with E-state index >= 15 is 0 Å². The minimum Gasteiger partial charge on any atom is -0.406 e. The predicted molar refractivity (Wildman–Crippen MR) is 52.7 cm³/mol. The molecule has 0 atom stereocenters. The Morgan fingerprint density at radius 3 is 2.73 bits per heavy atom. The highest BCUT2D eigenvalue weighted by atomic mass is 16.4. The van der Waals surface area contributed by atoms with Gasteiger partial charge in [-0.15, -0.1) is 0 Å². The van der Waals surface area contributed by atoms with Crippen LogP contribution in [0.25, 0.3) is 0 Å². The molecule has 0 radical (unpaired) electrons. The van der Waals surface area contributed by atoms with Gasteiger partial charge in [0.1, 0.15) is 0 Å². The van der Waals surface area contributed by atoms with E-state index in [1.165, 1.54) is 6.07 Å². The molecule has 0 aromatic carbocycles. The van der Waals surface area contributed by atoms with E-state index in [0.29, 0.717) is 11.1 Å². The second-order valence-electron chi connectivity index (χ2n) is 2.92. The Morgan fingerprint density at radius 2 is 2.13 bits per heavy atom. The van der Waals surface area contributed by atoms with Crippen LogP contribution in [0.4, 0.5) is 10.7 Å². The third kappa shape index (κ3) is 2.67. The summed E-state index contributed by atoms with van der Waals surface area (Å²) in [5.74, 6) is 0.0411. The largest absolute Gasteiger partial charge is 0.406 e. The topological polar surface area (TPSA) is 88.4 Å². The zero-order valence-electron chi connectivity index (χ0n) is 8.29. The van der Waals surface area contributed by atoms with Crippen LogP contribution in [0.5, 0.6) is 0 Å². The van der Waals surface area contributed by atoms with E-state index in [4.69, 9.17) is 4.42 Å². The Labute approximate surface area is 85.3 Å². The molecule has 3 amide bonds. The molecule has 1 rings (SSSR count). The number of urea groups is 1. The molecule has 0 aliphatic rings. The van der Waals surface area contributed by atoms with E-state index in [1.54, 1.807) is 13.8 Å². The van der Waals surface area contributed by atoms with Gasteiger partial charge in [0.15, 0.2) is 0 Å². The summed E-state index contributed by atoms with van der Waals surface area (Å²) in [6, 6.07) is 0.569. The maximum atomic E-state index is 11.0. The van der Waals surface area contributed by atoms with Crippen molar-refractivity contribution in [2.75, 3.05) is 5.32 Å². The van der Waals surface area contributed by atoms with Crippen LogP contribution >= 0.6 is 0 Å². The molecule has 0 aliphatic carbocycles. The first-order valence-electron chi connectivity index (χ1n) is 4.17. The van der Waals surface area contributed by atoms with Gasteiger partial charge < -0.3 is 4.42 Å². The number of rotatable bonds is 2. The zero-order chi connectivity index (χ0) is 11.4. The normalized spacial score (nSPS) is 9.47. The molecule has 1 aromatic rings. The van der Waals surface area contributed by atoms with Crippen LogP contribution in [-0.4, -0.2) is 12.4 Å². The molecule has 1 aromatic heterocycles. The molecule has 6 nitrogen and oxygen atoms in total. The average Bonchev–Trinajstić information content (AvgIpc) is 2.13. The van der Waals surface area contributed by atoms with Gasteiger partial charge in [-0.1, -0.05) is 0 Å². The summed E-state index contributed by atoms with van der Waals surface area (Å²) >= 11 is 0. The number of nitrogens with one attached hydrogen (secondary N) is 2. The molecule has 1 heterocycles. The quantitative estimate of drug-likeness (QED) is 0.697. The van der Waals surface area contributed by atoms with Gasteiger partial charge in [-0.05, 0) is 19.4 Å². The van der Waals surface area contributed by atoms with Crippen molar-refractivity contribution in [1.29, 1.82) is 0 Å². The summed E-state index contributed by atoms with van der Waals surface area (Å²) in [5, 5.41) is 4.11. The molecule has 15 heavy (non-hydrogen) atoms. The summed E-state index contributed by atoms with van der Waals surface area (Å²) in [7, 11) is 0. The van der Waals surface area contributed by atoms with Crippen LogP contribution in [0, 0.1) is 13.8 Å². The van der Waals surface area contributed by atoms with Crippen LogP contribution in [0.1, 0.15) is 11.1 Å². The molecule has 2 N–H and O–H groups in total. The standard InChI is InChI=1S/C9H10N2O4/c1-5-3-7(13)15-8(6(5)2)11-9(14)10-4-12/h3-4H,1-2H3,(H2,10,11,12,14). The summed E-state index contributed by atoms with van der Waals surface area (Å²) in [4.78, 5) is 31.9. The Kier molecular flexibility index (Phi) is 3.22. The predicted octanol–water partition coefficient (Wildman–Crippen LogP) is 0.535. The molecule has 80 valence electrons. The lowest BCUT2D eigenvalue weighted by Gasteiger charge is -2.06. The molecule has 0 saturated carbocycles. The molecular formula is C9H10N2O4. The Balaban J connectivity index is 2.99. The molecule has 0 bridgehead atoms. The van der Waals surface area contributed by atoms with E-state index in [2.05, 4.69) is 5.32 Å². The third-order valence-corrected chi connectivity index (χ3v) is 1.89. The SMILES string of the molecule is Cc1cc(=O)oc(NC(=O)NC=O)c1C. The molecular weight excluding hydrogens is 200 g/mol. The van der Waals surface area contributed by atoms with Crippen LogP contribution in [-0.2, 0) is 4.79 Å². The summed E-state index contributed by atoms with van der Waals surface area (Å²) < 4.78 is 4.76. The Bertz CT molecular complexity index is 450. The van der Waals surface area contributed by atoms with Crippen molar-refractivity contribution in [2.24, 2.45) is 0 Å². The lowest BCUT2D eigenvalue weighted by atomic mass is 10.2. The van der Waals surface area contributed by atoms with Crippen molar-refractivity contribution >= 4 is 18.3 Å². The van der Waals surface area contributed by atoms with Crippen molar-refractivity contribution in [3.05, 3.63) is 27.6 Å². The van der Waals surface area contributed by atoms with Crippen molar-refractivity contribution in [1.82, 2.24) is 5.32 Å². The van der Waals surface area contributed by atoms with E-state index < -0.39 is 11.7 Å². The number of anilines is 1. The molecule has 0 saturated heterocycles. The van der Waals surface area contributed by atoms with Gasteiger partial charge in [-0.25, -0.2) is 9.59 Å². The smallest absolute Gasteiger partial charge is 0.337 e. The number of aryl methyl sites for hydroxylation is 1. The lowest BCUT2D eigenvalue weighted by molar-refractivity contribution is -0.108. The summed E-state index contributed by atoms with van der Waals surface area (Å²) in [6.07, 6.45) is 0.235. The van der Waals surface area contributed by atoms with Gasteiger partial charge >= 0.3 is 11.7 Å². The van der Waals surface area contributed by atoms with Gasteiger partial charge in [-0.3, -0.25) is 15.4 Å². The van der Waals surface area contributed by atoms with Gasteiger partial charge in [0.2, 0.25) is 12.3 Å². The molecule has 0 fully saturated rings. The number of carbonyl (C=O) groups is 2. The maximum Gasteiger partial charge on any atom is 0.337 e. The number of hydrogen-bond acceptors (Lipinski definition) is 4. The van der Waals surface area contributed by atoms with Crippen molar-refractivity contribution < 1.29 is 14.0 Å². The van der Waals surface area contributed by atoms with Gasteiger partial charge in [-0.2, -0.15) is 0 Å². The molecule has 6 heteroatoms. The fourth-order valence-corrected chi connectivity index (χ4v) is 0.983. The maximum absolute atomic E-state index is 11.0. The number of carbonyl (C=O) groups excluding carboxylic acids is 2. The minimum absolute atomic E-state index is 0.0411. The monoisotopic (exact) mass is 210 g/mol. The van der Waals surface area contributed by atoms with Crippen LogP contribution < -0.4 is 16.3 Å². The van der Waals surface area contributed by atoms with E-state index in [9.17, 15) is 14.4 Å². The van der Waals surface area contributed by atoms with Gasteiger partial charge in [0.25, 0.3) is 0 Å². The van der Waals surface area contributed by atoms with Gasteiger partial charge in [0, 0.05) is 11.6 Å². The number of amides is 3. The van der Waals surface area contributed by atoms with E-state index in [-0.39, 0.29) is 12.3 Å². The highest BCUT2D eigenvalue weighted by Gasteiger charge is 2.08. The first-order valence-corrected chi connectivity index (χ1v) is 4.17. The third-order valence-electron chi connectivity index (χ3n) is 1.89. The molecule has 0 aliphatic heterocycles. The fourth-order valence-electron chi connectivity index (χ4n) is 0.983. The van der Waals surface area contributed by atoms with Gasteiger partial charge in [0.05, 0.1) is 0 Å². The highest BCUT2D eigenvalue weighted by Crippen LogP contribution is 2.14. The highest BCUT2D eigenvalue weighted by molar-refractivity contribution is 5.94. The number of imide groups is 1. The first-order chi connectivity index (χ1) is 7.04. The minimum atomic E-state index is -0.748. The molecule has 0 unspecified atom stereocenters. The fraction of sp³-hybridized carbons (Fsp3) is 0.222. The first kappa shape index (κ1) is 11.0. The Morgan fingerprint density at radius 1 is 1.47 bits per heavy atom. The van der Waals surface area contributed by atoms with Crippen LogP contribution in [0.3, 0.4) is 0 Å². The van der Waals surface area contributed by atoms with Crippen LogP contribution in [0.2, 0.25) is 0 Å². The van der Waals surface area contributed by atoms with Crippen LogP contribution in [0.15, 0.2) is 15.3 Å². The zero-order valence-corrected chi connectivity index (χ0v) is 8.29. The lowest BCUT2D eigenvalue weighted by Crippen LogP contribution is -2.28.